The van der Waals surface area contributed by atoms with Crippen molar-refractivity contribution in [3.63, 3.8) is 0 Å². The zero-order valence-electron chi connectivity index (χ0n) is 12.6. The van der Waals surface area contributed by atoms with Gasteiger partial charge in [0.05, 0.1) is 6.61 Å². The van der Waals surface area contributed by atoms with E-state index in [2.05, 4.69) is 4.90 Å². The molecule has 0 amide bonds. The van der Waals surface area contributed by atoms with E-state index in [-0.39, 0.29) is 0 Å². The molecule has 0 spiro atoms. The second-order valence-electron chi connectivity index (χ2n) is 5.03. The number of aliphatic carboxylic acids is 2. The van der Waals surface area contributed by atoms with Crippen LogP contribution in [-0.2, 0) is 9.59 Å². The fraction of sp³-hybridized carbons (Fsp3) is 0.500. The molecule has 1 aliphatic rings. The van der Waals surface area contributed by atoms with Crippen LogP contribution in [0.5, 0.6) is 5.75 Å². The molecule has 1 aliphatic heterocycles. The highest BCUT2D eigenvalue weighted by Crippen LogP contribution is 2.10. The monoisotopic (exact) mass is 309 g/mol. The summed E-state index contributed by atoms with van der Waals surface area (Å²) < 4.78 is 5.65. The Labute approximate surface area is 130 Å². The molecule has 1 saturated heterocycles. The number of likely N-dealkylation sites (tertiary alicyclic amines) is 1. The summed E-state index contributed by atoms with van der Waals surface area (Å²) in [5.74, 6) is -2.66. The van der Waals surface area contributed by atoms with E-state index in [1.54, 1.807) is 0 Å². The molecule has 0 bridgehead atoms. The molecule has 0 aliphatic carbocycles. The molecule has 122 valence electrons. The molecule has 22 heavy (non-hydrogen) atoms. The number of unbranched alkanes of at least 4 members (excludes halogenated alkanes) is 1. The molecule has 2 rings (SSSR count). The minimum atomic E-state index is -1.82. The van der Waals surface area contributed by atoms with Crippen LogP contribution in [0.25, 0.3) is 0 Å². The van der Waals surface area contributed by atoms with Gasteiger partial charge in [0.1, 0.15) is 5.75 Å². The van der Waals surface area contributed by atoms with Crippen molar-refractivity contribution < 1.29 is 24.5 Å². The van der Waals surface area contributed by atoms with E-state index in [1.807, 2.05) is 30.3 Å². The average Bonchev–Trinajstić information content (AvgIpc) is 3.02. The summed E-state index contributed by atoms with van der Waals surface area (Å²) in [6, 6.07) is 10.1. The van der Waals surface area contributed by atoms with E-state index in [1.165, 1.54) is 38.9 Å². The number of hydrogen-bond acceptors (Lipinski definition) is 4. The topological polar surface area (TPSA) is 87.1 Å². The fourth-order valence-electron chi connectivity index (χ4n) is 2.15. The standard InChI is InChI=1S/C14H21NO.C2H2O4/c1-2-8-14(9-3-1)16-13-7-6-12-15-10-4-5-11-15;3-1(4)2(5)6/h1-3,8-9H,4-7,10-13H2;(H,3,4)(H,5,6). The second kappa shape index (κ2) is 10.6. The van der Waals surface area contributed by atoms with Gasteiger partial charge in [0.25, 0.3) is 0 Å². The summed E-state index contributed by atoms with van der Waals surface area (Å²) in [6.45, 7) is 4.70. The molecule has 0 aromatic heterocycles. The molecular formula is C16H23NO5. The number of ether oxygens (including phenoxy) is 1. The maximum Gasteiger partial charge on any atom is 0.414 e. The number of benzene rings is 1. The average molecular weight is 309 g/mol. The highest BCUT2D eigenvalue weighted by molar-refractivity contribution is 6.27. The first kappa shape index (κ1) is 18.0. The third kappa shape index (κ3) is 8.26. The van der Waals surface area contributed by atoms with Crippen LogP contribution in [0.2, 0.25) is 0 Å². The first-order valence-electron chi connectivity index (χ1n) is 7.46. The summed E-state index contributed by atoms with van der Waals surface area (Å²) >= 11 is 0. The van der Waals surface area contributed by atoms with Crippen molar-refractivity contribution in [2.24, 2.45) is 0 Å². The molecule has 2 N–H and O–H groups in total. The number of hydrogen-bond donors (Lipinski definition) is 2. The Morgan fingerprint density at radius 1 is 1.00 bits per heavy atom. The molecule has 0 atom stereocenters. The predicted octanol–water partition coefficient (Wildman–Crippen LogP) is 2.10. The van der Waals surface area contributed by atoms with Gasteiger partial charge in [-0.05, 0) is 57.5 Å². The van der Waals surface area contributed by atoms with Gasteiger partial charge < -0.3 is 19.8 Å². The zero-order chi connectivity index (χ0) is 16.2. The SMILES string of the molecule is O=C(O)C(=O)O.c1ccc(OCCCCN2CCCC2)cc1. The lowest BCUT2D eigenvalue weighted by Gasteiger charge is -2.14. The van der Waals surface area contributed by atoms with Crippen LogP contribution in [0.3, 0.4) is 0 Å². The van der Waals surface area contributed by atoms with Gasteiger partial charge in [0.2, 0.25) is 0 Å². The molecule has 6 nitrogen and oxygen atoms in total. The van der Waals surface area contributed by atoms with E-state index < -0.39 is 11.9 Å². The normalized spacial score (nSPS) is 14.0. The summed E-state index contributed by atoms with van der Waals surface area (Å²) in [6.07, 6.45) is 5.19. The third-order valence-electron chi connectivity index (χ3n) is 3.26. The van der Waals surface area contributed by atoms with Crippen LogP contribution >= 0.6 is 0 Å². The van der Waals surface area contributed by atoms with E-state index in [4.69, 9.17) is 24.5 Å². The molecule has 1 fully saturated rings. The molecule has 0 saturated carbocycles. The first-order valence-corrected chi connectivity index (χ1v) is 7.46. The van der Waals surface area contributed by atoms with Crippen LogP contribution in [0.4, 0.5) is 0 Å². The molecule has 1 aromatic rings. The van der Waals surface area contributed by atoms with Crippen molar-refractivity contribution in [1.29, 1.82) is 0 Å². The van der Waals surface area contributed by atoms with E-state index in [0.717, 1.165) is 18.8 Å². The molecule has 0 unspecified atom stereocenters. The Morgan fingerprint density at radius 2 is 1.59 bits per heavy atom. The van der Waals surface area contributed by atoms with E-state index in [0.29, 0.717) is 0 Å². The van der Waals surface area contributed by atoms with Crippen molar-refractivity contribution in [3.8, 4) is 5.75 Å². The van der Waals surface area contributed by atoms with Crippen LogP contribution in [-0.4, -0.2) is 53.3 Å². The summed E-state index contributed by atoms with van der Waals surface area (Å²) in [5, 5.41) is 14.8. The zero-order valence-corrected chi connectivity index (χ0v) is 12.6. The maximum absolute atomic E-state index is 9.10. The quantitative estimate of drug-likeness (QED) is 0.618. The Morgan fingerprint density at radius 3 is 2.14 bits per heavy atom. The molecule has 1 heterocycles. The fourth-order valence-corrected chi connectivity index (χ4v) is 2.15. The van der Waals surface area contributed by atoms with Crippen molar-refractivity contribution in [3.05, 3.63) is 30.3 Å². The first-order chi connectivity index (χ1) is 10.6. The van der Waals surface area contributed by atoms with Gasteiger partial charge in [-0.3, -0.25) is 0 Å². The van der Waals surface area contributed by atoms with Gasteiger partial charge in [-0.2, -0.15) is 0 Å². The number of carbonyl (C=O) groups is 2. The third-order valence-corrected chi connectivity index (χ3v) is 3.26. The van der Waals surface area contributed by atoms with Crippen LogP contribution in [0, 0.1) is 0 Å². The Balaban J connectivity index is 0.000000346. The largest absolute Gasteiger partial charge is 0.494 e. The van der Waals surface area contributed by atoms with Gasteiger partial charge in [-0.25, -0.2) is 9.59 Å². The van der Waals surface area contributed by atoms with Crippen molar-refractivity contribution in [1.82, 2.24) is 4.90 Å². The minimum absolute atomic E-state index is 0.845. The van der Waals surface area contributed by atoms with Crippen molar-refractivity contribution >= 4 is 11.9 Å². The van der Waals surface area contributed by atoms with Gasteiger partial charge in [0.15, 0.2) is 0 Å². The Hall–Kier alpha value is -2.08. The van der Waals surface area contributed by atoms with Crippen LogP contribution < -0.4 is 4.74 Å². The van der Waals surface area contributed by atoms with Crippen LogP contribution in [0.1, 0.15) is 25.7 Å². The smallest absolute Gasteiger partial charge is 0.414 e. The van der Waals surface area contributed by atoms with Gasteiger partial charge in [-0.1, -0.05) is 18.2 Å². The van der Waals surface area contributed by atoms with Gasteiger partial charge in [0, 0.05) is 0 Å². The molecular weight excluding hydrogens is 286 g/mol. The molecule has 1 aromatic carbocycles. The van der Waals surface area contributed by atoms with Gasteiger partial charge in [-0.15, -0.1) is 0 Å². The molecule has 0 radical (unpaired) electrons. The highest BCUT2D eigenvalue weighted by atomic mass is 16.5. The van der Waals surface area contributed by atoms with Crippen molar-refractivity contribution in [2.75, 3.05) is 26.2 Å². The lowest BCUT2D eigenvalue weighted by atomic mass is 10.3. The maximum atomic E-state index is 9.10. The summed E-state index contributed by atoms with van der Waals surface area (Å²) in [4.78, 5) is 20.8. The highest BCUT2D eigenvalue weighted by Gasteiger charge is 2.09. The predicted molar refractivity (Wildman–Crippen MR) is 82.1 cm³/mol. The number of nitrogens with zero attached hydrogens (tertiary/aromatic N) is 1. The number of carboxylic acids is 2. The van der Waals surface area contributed by atoms with Crippen molar-refractivity contribution in [2.45, 2.75) is 25.7 Å². The number of rotatable bonds is 6. The lowest BCUT2D eigenvalue weighted by Crippen LogP contribution is -2.20. The lowest BCUT2D eigenvalue weighted by molar-refractivity contribution is -0.159. The van der Waals surface area contributed by atoms with E-state index >= 15 is 0 Å². The minimum Gasteiger partial charge on any atom is -0.494 e. The summed E-state index contributed by atoms with van der Waals surface area (Å²) in [5.41, 5.74) is 0. The van der Waals surface area contributed by atoms with Gasteiger partial charge >= 0.3 is 11.9 Å². The Bertz CT molecular complexity index is 431. The number of para-hydroxylation sites is 1. The molecule has 6 heteroatoms. The Kier molecular flexibility index (Phi) is 8.67. The summed E-state index contributed by atoms with van der Waals surface area (Å²) in [7, 11) is 0. The van der Waals surface area contributed by atoms with E-state index in [9.17, 15) is 0 Å². The second-order valence-corrected chi connectivity index (χ2v) is 5.03. The van der Waals surface area contributed by atoms with Crippen LogP contribution in [0.15, 0.2) is 30.3 Å². The number of carboxylic acid groups (broad SMARTS) is 2.